The molecule has 22 heavy (non-hydrogen) atoms. The smallest absolute Gasteiger partial charge is 0.248 e. The zero-order valence-electron chi connectivity index (χ0n) is 12.2. The Bertz CT molecular complexity index is 653. The summed E-state index contributed by atoms with van der Waals surface area (Å²) in [6, 6.07) is 15.4. The van der Waals surface area contributed by atoms with Gasteiger partial charge in [0.1, 0.15) is 0 Å². The van der Waals surface area contributed by atoms with Crippen LogP contribution in [-0.4, -0.2) is 5.91 Å². The number of anilines is 1. The number of amides is 1. The molecule has 4 nitrogen and oxygen atoms in total. The van der Waals surface area contributed by atoms with Crippen LogP contribution in [0.2, 0.25) is 0 Å². The van der Waals surface area contributed by atoms with E-state index in [1.165, 1.54) is 17.8 Å². The van der Waals surface area contributed by atoms with Crippen molar-refractivity contribution < 1.29 is 4.79 Å². The van der Waals surface area contributed by atoms with Gasteiger partial charge in [-0.25, -0.2) is 0 Å². The largest absolute Gasteiger partial charge is 0.326 e. The summed E-state index contributed by atoms with van der Waals surface area (Å²) >= 11 is 1.48. The molecule has 0 aromatic heterocycles. The molecule has 2 rings (SSSR count). The second-order valence-electron chi connectivity index (χ2n) is 4.66. The summed E-state index contributed by atoms with van der Waals surface area (Å²) in [5.41, 5.74) is 14.0. The van der Waals surface area contributed by atoms with Gasteiger partial charge in [0.25, 0.3) is 0 Å². The highest BCUT2D eigenvalue weighted by atomic mass is 32.2. The molecule has 0 saturated carbocycles. The van der Waals surface area contributed by atoms with Crippen molar-refractivity contribution in [2.24, 2.45) is 11.5 Å². The number of thioether (sulfide) groups is 1. The van der Waals surface area contributed by atoms with Crippen LogP contribution in [0, 0.1) is 0 Å². The number of nitrogens with one attached hydrogen (secondary N) is 1. The quantitative estimate of drug-likeness (QED) is 0.566. The van der Waals surface area contributed by atoms with Gasteiger partial charge in [-0.3, -0.25) is 4.79 Å². The molecule has 114 valence electrons. The Balaban J connectivity index is 1.87. The average molecular weight is 313 g/mol. The van der Waals surface area contributed by atoms with Crippen LogP contribution >= 0.6 is 11.8 Å². The molecule has 2 aromatic rings. The lowest BCUT2D eigenvalue weighted by atomic mass is 10.2. The van der Waals surface area contributed by atoms with Gasteiger partial charge in [0, 0.05) is 29.7 Å². The van der Waals surface area contributed by atoms with Crippen molar-refractivity contribution in [2.75, 3.05) is 5.32 Å². The second kappa shape index (κ2) is 8.38. The van der Waals surface area contributed by atoms with Gasteiger partial charge < -0.3 is 16.8 Å². The summed E-state index contributed by atoms with van der Waals surface area (Å²) in [6.07, 6.45) is 1.51. The average Bonchev–Trinajstić information content (AvgIpc) is 2.56. The minimum absolute atomic E-state index is 0.164. The fraction of sp³-hybridized carbons (Fsp3) is 0.118. The van der Waals surface area contributed by atoms with Crippen molar-refractivity contribution in [1.29, 1.82) is 0 Å². The molecule has 0 radical (unpaired) electrons. The topological polar surface area (TPSA) is 81.1 Å². The normalized spacial score (nSPS) is 10.8. The van der Waals surface area contributed by atoms with E-state index >= 15 is 0 Å². The summed E-state index contributed by atoms with van der Waals surface area (Å²) < 4.78 is 0. The Morgan fingerprint density at radius 1 is 1.05 bits per heavy atom. The molecule has 0 unspecified atom stereocenters. The minimum Gasteiger partial charge on any atom is -0.326 e. The van der Waals surface area contributed by atoms with Gasteiger partial charge in [0.2, 0.25) is 5.91 Å². The highest BCUT2D eigenvalue weighted by Gasteiger charge is 1.98. The van der Waals surface area contributed by atoms with Crippen LogP contribution in [0.25, 0.3) is 0 Å². The lowest BCUT2D eigenvalue weighted by molar-refractivity contribution is -0.111. The van der Waals surface area contributed by atoms with E-state index in [2.05, 4.69) is 5.32 Å². The van der Waals surface area contributed by atoms with Gasteiger partial charge in [-0.05, 0) is 40.8 Å². The van der Waals surface area contributed by atoms with Crippen molar-refractivity contribution in [3.8, 4) is 0 Å². The number of benzene rings is 2. The van der Waals surface area contributed by atoms with E-state index in [1.54, 1.807) is 5.41 Å². The molecular weight excluding hydrogens is 294 g/mol. The fourth-order valence-corrected chi connectivity index (χ4v) is 2.55. The molecule has 0 heterocycles. The van der Waals surface area contributed by atoms with Gasteiger partial charge in [-0.15, -0.1) is 0 Å². The molecule has 0 fully saturated rings. The predicted molar refractivity (Wildman–Crippen MR) is 92.3 cm³/mol. The Kier molecular flexibility index (Phi) is 6.21. The van der Waals surface area contributed by atoms with E-state index in [4.69, 9.17) is 11.5 Å². The van der Waals surface area contributed by atoms with Crippen molar-refractivity contribution in [2.45, 2.75) is 18.0 Å². The predicted octanol–water partition coefficient (Wildman–Crippen LogP) is 2.85. The monoisotopic (exact) mass is 313 g/mol. The molecule has 1 amide bonds. The Labute approximate surface area is 134 Å². The van der Waals surface area contributed by atoms with Crippen molar-refractivity contribution in [3.05, 3.63) is 71.1 Å². The molecule has 0 atom stereocenters. The standard InChI is InChI=1S/C17H19N3OS/c18-11-13-4-6-15(7-5-13)20-17(21)8-9-22-16-3-1-2-14(10-16)12-19/h1-10H,11-12,18-19H2,(H,20,21). The maximum absolute atomic E-state index is 11.8. The first-order chi connectivity index (χ1) is 10.7. The van der Waals surface area contributed by atoms with Crippen LogP contribution in [-0.2, 0) is 17.9 Å². The first-order valence-corrected chi connectivity index (χ1v) is 7.81. The third-order valence-corrected chi connectivity index (χ3v) is 3.81. The maximum Gasteiger partial charge on any atom is 0.248 e. The number of carbonyl (C=O) groups is 1. The molecule has 0 spiro atoms. The highest BCUT2D eigenvalue weighted by molar-refractivity contribution is 8.02. The van der Waals surface area contributed by atoms with Gasteiger partial charge in [0.05, 0.1) is 0 Å². The van der Waals surface area contributed by atoms with Gasteiger partial charge in [-0.2, -0.15) is 0 Å². The van der Waals surface area contributed by atoms with E-state index in [-0.39, 0.29) is 5.91 Å². The van der Waals surface area contributed by atoms with Gasteiger partial charge in [-0.1, -0.05) is 36.0 Å². The molecule has 2 aromatic carbocycles. The van der Waals surface area contributed by atoms with E-state index in [9.17, 15) is 4.79 Å². The lowest BCUT2D eigenvalue weighted by Crippen LogP contribution is -2.07. The summed E-state index contributed by atoms with van der Waals surface area (Å²) in [5, 5.41) is 4.57. The minimum atomic E-state index is -0.164. The number of carbonyl (C=O) groups excluding carboxylic acids is 1. The van der Waals surface area contributed by atoms with Crippen molar-refractivity contribution in [1.82, 2.24) is 0 Å². The molecular formula is C17H19N3OS. The molecule has 0 aliphatic carbocycles. The van der Waals surface area contributed by atoms with E-state index < -0.39 is 0 Å². The third kappa shape index (κ3) is 5.04. The zero-order chi connectivity index (χ0) is 15.8. The highest BCUT2D eigenvalue weighted by Crippen LogP contribution is 2.20. The SMILES string of the molecule is NCc1ccc(NC(=O)C=CSc2cccc(CN)c2)cc1. The fourth-order valence-electron chi connectivity index (χ4n) is 1.83. The van der Waals surface area contributed by atoms with E-state index in [0.717, 1.165) is 21.7 Å². The molecule has 5 N–H and O–H groups in total. The Morgan fingerprint density at radius 3 is 2.45 bits per heavy atom. The van der Waals surface area contributed by atoms with E-state index in [1.807, 2.05) is 48.5 Å². The molecule has 0 aliphatic rings. The lowest BCUT2D eigenvalue weighted by Gasteiger charge is -2.03. The van der Waals surface area contributed by atoms with Crippen molar-refractivity contribution in [3.63, 3.8) is 0 Å². The maximum atomic E-state index is 11.8. The summed E-state index contributed by atoms with van der Waals surface area (Å²) in [4.78, 5) is 12.9. The van der Waals surface area contributed by atoms with Crippen LogP contribution in [0.5, 0.6) is 0 Å². The van der Waals surface area contributed by atoms with Crippen molar-refractivity contribution >= 4 is 23.4 Å². The Hall–Kier alpha value is -2.08. The van der Waals surface area contributed by atoms with Crippen LogP contribution < -0.4 is 16.8 Å². The van der Waals surface area contributed by atoms with Gasteiger partial charge >= 0.3 is 0 Å². The number of hydrogen-bond donors (Lipinski definition) is 3. The first kappa shape index (κ1) is 16.3. The Morgan fingerprint density at radius 2 is 1.77 bits per heavy atom. The second-order valence-corrected chi connectivity index (χ2v) is 5.64. The third-order valence-electron chi connectivity index (χ3n) is 3.01. The molecule has 5 heteroatoms. The molecule has 0 saturated heterocycles. The summed E-state index contributed by atoms with van der Waals surface area (Å²) in [6.45, 7) is 1.00. The van der Waals surface area contributed by atoms with Crippen LogP contribution in [0.1, 0.15) is 11.1 Å². The van der Waals surface area contributed by atoms with Gasteiger partial charge in [0.15, 0.2) is 0 Å². The zero-order valence-corrected chi connectivity index (χ0v) is 13.0. The van der Waals surface area contributed by atoms with Crippen LogP contribution in [0.3, 0.4) is 0 Å². The molecule has 0 bridgehead atoms. The van der Waals surface area contributed by atoms with Crippen LogP contribution in [0.15, 0.2) is 64.9 Å². The number of nitrogens with two attached hydrogens (primary N) is 2. The first-order valence-electron chi connectivity index (χ1n) is 6.93. The van der Waals surface area contributed by atoms with Crippen LogP contribution in [0.4, 0.5) is 5.69 Å². The number of hydrogen-bond acceptors (Lipinski definition) is 4. The molecule has 0 aliphatic heterocycles. The number of rotatable bonds is 6. The summed E-state index contributed by atoms with van der Waals surface area (Å²) in [7, 11) is 0. The summed E-state index contributed by atoms with van der Waals surface area (Å²) in [5.74, 6) is -0.164. The van der Waals surface area contributed by atoms with E-state index in [0.29, 0.717) is 13.1 Å².